The van der Waals surface area contributed by atoms with Gasteiger partial charge < -0.3 is 5.32 Å². The molecule has 1 unspecified atom stereocenters. The summed E-state index contributed by atoms with van der Waals surface area (Å²) in [4.78, 5) is 0. The molecule has 1 aliphatic carbocycles. The Labute approximate surface area is 113 Å². The van der Waals surface area contributed by atoms with E-state index in [9.17, 15) is 0 Å². The largest absolute Gasteiger partial charge is 0.316 e. The van der Waals surface area contributed by atoms with Gasteiger partial charge in [-0.3, -0.25) is 0 Å². The van der Waals surface area contributed by atoms with Crippen LogP contribution in [0.25, 0.3) is 0 Å². The maximum absolute atomic E-state index is 3.50. The quantitative estimate of drug-likeness (QED) is 0.574. The van der Waals surface area contributed by atoms with Crippen molar-refractivity contribution in [2.45, 2.75) is 82.4 Å². The fourth-order valence-corrected chi connectivity index (χ4v) is 4.12. The highest BCUT2D eigenvalue weighted by atomic mass is 32.2. The van der Waals surface area contributed by atoms with Gasteiger partial charge in [0.25, 0.3) is 0 Å². The molecule has 2 heteroatoms. The van der Waals surface area contributed by atoms with Crippen LogP contribution < -0.4 is 5.32 Å². The molecular weight excluding hydrogens is 226 g/mol. The van der Waals surface area contributed by atoms with E-state index >= 15 is 0 Å². The van der Waals surface area contributed by atoms with Crippen molar-refractivity contribution in [2.24, 2.45) is 0 Å². The van der Waals surface area contributed by atoms with Crippen LogP contribution in [0.3, 0.4) is 0 Å². The minimum absolute atomic E-state index is 0.752. The molecule has 0 heterocycles. The standard InChI is InChI=1S/C15H31NS/c1-3-4-5-6-7-10-14(16-2)13-17-15-11-8-9-12-15/h14-16H,3-13H2,1-2H3. The van der Waals surface area contributed by atoms with Gasteiger partial charge >= 0.3 is 0 Å². The van der Waals surface area contributed by atoms with Crippen molar-refractivity contribution in [3.63, 3.8) is 0 Å². The molecule has 17 heavy (non-hydrogen) atoms. The van der Waals surface area contributed by atoms with Gasteiger partial charge in [0, 0.05) is 17.0 Å². The van der Waals surface area contributed by atoms with Gasteiger partial charge in [-0.15, -0.1) is 0 Å². The molecule has 0 aromatic rings. The third-order valence-electron chi connectivity index (χ3n) is 3.90. The van der Waals surface area contributed by atoms with Crippen molar-refractivity contribution in [3.05, 3.63) is 0 Å². The first-order valence-electron chi connectivity index (χ1n) is 7.65. The predicted molar refractivity (Wildman–Crippen MR) is 80.9 cm³/mol. The van der Waals surface area contributed by atoms with Gasteiger partial charge in [-0.05, 0) is 26.3 Å². The summed E-state index contributed by atoms with van der Waals surface area (Å²) in [5.41, 5.74) is 0. The van der Waals surface area contributed by atoms with E-state index in [1.54, 1.807) is 0 Å². The highest BCUT2D eigenvalue weighted by molar-refractivity contribution is 7.99. The van der Waals surface area contributed by atoms with Crippen molar-refractivity contribution in [2.75, 3.05) is 12.8 Å². The summed E-state index contributed by atoms with van der Waals surface area (Å²) in [5.74, 6) is 1.33. The molecule has 1 saturated carbocycles. The van der Waals surface area contributed by atoms with Gasteiger partial charge in [-0.1, -0.05) is 51.9 Å². The van der Waals surface area contributed by atoms with Crippen LogP contribution in [0.2, 0.25) is 0 Å². The predicted octanol–water partition coefficient (Wildman–Crippen LogP) is 4.61. The van der Waals surface area contributed by atoms with E-state index in [1.807, 2.05) is 0 Å². The van der Waals surface area contributed by atoms with Crippen LogP contribution in [0.1, 0.15) is 71.1 Å². The van der Waals surface area contributed by atoms with Crippen LogP contribution in [-0.4, -0.2) is 24.1 Å². The van der Waals surface area contributed by atoms with E-state index in [-0.39, 0.29) is 0 Å². The normalized spacial score (nSPS) is 18.7. The second-order valence-corrected chi connectivity index (χ2v) is 6.76. The van der Waals surface area contributed by atoms with E-state index in [0.29, 0.717) is 0 Å². The number of nitrogens with one attached hydrogen (secondary N) is 1. The molecule has 1 rings (SSSR count). The minimum Gasteiger partial charge on any atom is -0.316 e. The van der Waals surface area contributed by atoms with Crippen molar-refractivity contribution in [1.29, 1.82) is 0 Å². The van der Waals surface area contributed by atoms with E-state index in [1.165, 1.54) is 70.0 Å². The third-order valence-corrected chi connectivity index (χ3v) is 5.44. The fourth-order valence-electron chi connectivity index (χ4n) is 2.61. The maximum atomic E-state index is 3.50. The van der Waals surface area contributed by atoms with Gasteiger partial charge in [-0.2, -0.15) is 11.8 Å². The lowest BCUT2D eigenvalue weighted by atomic mass is 10.1. The highest BCUT2D eigenvalue weighted by Crippen LogP contribution is 2.30. The Hall–Kier alpha value is 0.310. The molecule has 1 aliphatic rings. The Kier molecular flexibility index (Phi) is 9.27. The van der Waals surface area contributed by atoms with Gasteiger partial charge in [0.2, 0.25) is 0 Å². The molecule has 1 N–H and O–H groups in total. The van der Waals surface area contributed by atoms with Crippen molar-refractivity contribution < 1.29 is 0 Å². The van der Waals surface area contributed by atoms with Crippen LogP contribution in [0, 0.1) is 0 Å². The summed E-state index contributed by atoms with van der Waals surface area (Å²) in [6.45, 7) is 2.29. The molecule has 0 bridgehead atoms. The number of thioether (sulfide) groups is 1. The molecule has 102 valence electrons. The lowest BCUT2D eigenvalue weighted by Gasteiger charge is -2.18. The van der Waals surface area contributed by atoms with E-state index in [4.69, 9.17) is 0 Å². The van der Waals surface area contributed by atoms with Crippen LogP contribution in [0.5, 0.6) is 0 Å². The minimum atomic E-state index is 0.752. The number of hydrogen-bond acceptors (Lipinski definition) is 2. The summed E-state index contributed by atoms with van der Waals surface area (Å²) in [5, 5.41) is 4.47. The first-order chi connectivity index (χ1) is 8.36. The third kappa shape index (κ3) is 7.35. The van der Waals surface area contributed by atoms with E-state index < -0.39 is 0 Å². The van der Waals surface area contributed by atoms with Crippen LogP contribution >= 0.6 is 11.8 Å². The summed E-state index contributed by atoms with van der Waals surface area (Å²) in [6, 6.07) is 0.752. The summed E-state index contributed by atoms with van der Waals surface area (Å²) in [7, 11) is 2.13. The molecule has 0 saturated heterocycles. The first-order valence-corrected chi connectivity index (χ1v) is 8.70. The lowest BCUT2D eigenvalue weighted by Crippen LogP contribution is -2.28. The number of hydrogen-bond donors (Lipinski definition) is 1. The molecular formula is C15H31NS. The SMILES string of the molecule is CCCCCCCC(CSC1CCCC1)NC. The van der Waals surface area contributed by atoms with Crippen molar-refractivity contribution >= 4 is 11.8 Å². The van der Waals surface area contributed by atoms with Gasteiger partial charge in [-0.25, -0.2) is 0 Å². The Morgan fingerprint density at radius 2 is 1.82 bits per heavy atom. The van der Waals surface area contributed by atoms with Crippen molar-refractivity contribution in [1.82, 2.24) is 5.32 Å². The zero-order valence-electron chi connectivity index (χ0n) is 11.8. The van der Waals surface area contributed by atoms with Crippen LogP contribution in [0.15, 0.2) is 0 Å². The van der Waals surface area contributed by atoms with E-state index in [0.717, 1.165) is 11.3 Å². The molecule has 0 aromatic carbocycles. The Bertz CT molecular complexity index is 166. The fraction of sp³-hybridized carbons (Fsp3) is 1.00. The maximum Gasteiger partial charge on any atom is 0.0155 e. The zero-order valence-corrected chi connectivity index (χ0v) is 12.7. The average molecular weight is 257 g/mol. The van der Waals surface area contributed by atoms with Gasteiger partial charge in [0.05, 0.1) is 0 Å². The molecule has 0 aliphatic heterocycles. The van der Waals surface area contributed by atoms with E-state index in [2.05, 4.69) is 31.1 Å². The average Bonchev–Trinajstić information content (AvgIpc) is 2.86. The Balaban J connectivity index is 1.98. The summed E-state index contributed by atoms with van der Waals surface area (Å²) < 4.78 is 0. The molecule has 0 aromatic heterocycles. The molecule has 0 spiro atoms. The monoisotopic (exact) mass is 257 g/mol. The topological polar surface area (TPSA) is 12.0 Å². The molecule has 1 fully saturated rings. The zero-order chi connectivity index (χ0) is 12.3. The Morgan fingerprint density at radius 3 is 2.47 bits per heavy atom. The molecule has 1 atom stereocenters. The van der Waals surface area contributed by atoms with Gasteiger partial charge in [0.15, 0.2) is 0 Å². The van der Waals surface area contributed by atoms with Crippen LogP contribution in [-0.2, 0) is 0 Å². The highest BCUT2D eigenvalue weighted by Gasteiger charge is 2.16. The summed E-state index contributed by atoms with van der Waals surface area (Å²) >= 11 is 2.22. The number of unbranched alkanes of at least 4 members (excludes halogenated alkanes) is 4. The second kappa shape index (κ2) is 10.3. The smallest absolute Gasteiger partial charge is 0.0155 e. The second-order valence-electron chi connectivity index (χ2n) is 5.43. The van der Waals surface area contributed by atoms with Crippen LogP contribution in [0.4, 0.5) is 0 Å². The first kappa shape index (κ1) is 15.4. The Morgan fingerprint density at radius 1 is 1.12 bits per heavy atom. The number of rotatable bonds is 10. The van der Waals surface area contributed by atoms with Gasteiger partial charge in [0.1, 0.15) is 0 Å². The summed E-state index contributed by atoms with van der Waals surface area (Å²) in [6.07, 6.45) is 14.3. The molecule has 0 radical (unpaired) electrons. The molecule has 1 nitrogen and oxygen atoms in total. The lowest BCUT2D eigenvalue weighted by molar-refractivity contribution is 0.517. The van der Waals surface area contributed by atoms with Crippen molar-refractivity contribution in [3.8, 4) is 0 Å². The molecule has 0 amide bonds.